The van der Waals surface area contributed by atoms with E-state index in [-0.39, 0.29) is 12.4 Å². The summed E-state index contributed by atoms with van der Waals surface area (Å²) in [6.45, 7) is 7.90. The molecule has 25 heavy (non-hydrogen) atoms. The molecular weight excluding hydrogens is 312 g/mol. The highest BCUT2D eigenvalue weighted by Crippen LogP contribution is 2.13. The summed E-state index contributed by atoms with van der Waals surface area (Å²) >= 11 is 0. The monoisotopic (exact) mass is 336 g/mol. The summed E-state index contributed by atoms with van der Waals surface area (Å²) in [6.07, 6.45) is 0.228. The third-order valence-corrected chi connectivity index (χ3v) is 3.25. The zero-order valence-corrected chi connectivity index (χ0v) is 15.3. The summed E-state index contributed by atoms with van der Waals surface area (Å²) in [5.74, 6) is 6.72. The second-order valence-electron chi connectivity index (χ2n) is 6.83. The molecule has 130 valence electrons. The molecule has 0 fully saturated rings. The fourth-order valence-electron chi connectivity index (χ4n) is 2.06. The third-order valence-electron chi connectivity index (χ3n) is 3.25. The van der Waals surface area contributed by atoms with Gasteiger partial charge >= 0.3 is 5.97 Å². The van der Waals surface area contributed by atoms with E-state index in [0.717, 1.165) is 11.1 Å². The summed E-state index contributed by atoms with van der Waals surface area (Å²) in [5, 5.41) is 0. The Morgan fingerprint density at radius 1 is 0.920 bits per heavy atom. The van der Waals surface area contributed by atoms with Gasteiger partial charge in [0.2, 0.25) is 0 Å². The van der Waals surface area contributed by atoms with Crippen LogP contribution in [0.1, 0.15) is 43.9 Å². The molecule has 0 aliphatic heterocycles. The van der Waals surface area contributed by atoms with Crippen molar-refractivity contribution < 1.29 is 14.3 Å². The lowest BCUT2D eigenvalue weighted by Crippen LogP contribution is -2.24. The maximum atomic E-state index is 11.6. The molecule has 0 bridgehead atoms. The van der Waals surface area contributed by atoms with E-state index >= 15 is 0 Å². The number of ether oxygens (including phenoxy) is 2. The molecule has 0 N–H and O–H groups in total. The number of benzene rings is 2. The van der Waals surface area contributed by atoms with Crippen LogP contribution in [0.5, 0.6) is 5.75 Å². The number of hydrogen-bond donors (Lipinski definition) is 0. The number of hydrogen-bond acceptors (Lipinski definition) is 3. The Morgan fingerprint density at radius 3 is 1.96 bits per heavy atom. The van der Waals surface area contributed by atoms with Crippen LogP contribution in [0.15, 0.2) is 48.5 Å². The van der Waals surface area contributed by atoms with Gasteiger partial charge in [-0.15, -0.1) is 0 Å². The van der Waals surface area contributed by atoms with Crippen LogP contribution < -0.4 is 4.74 Å². The fourth-order valence-corrected chi connectivity index (χ4v) is 2.06. The van der Waals surface area contributed by atoms with Gasteiger partial charge < -0.3 is 9.47 Å². The highest BCUT2D eigenvalue weighted by molar-refractivity contribution is 5.70. The lowest BCUT2D eigenvalue weighted by molar-refractivity contribution is -0.155. The summed E-state index contributed by atoms with van der Waals surface area (Å²) < 4.78 is 10.8. The van der Waals surface area contributed by atoms with Crippen molar-refractivity contribution in [1.82, 2.24) is 0 Å². The van der Waals surface area contributed by atoms with Crippen LogP contribution in [0.4, 0.5) is 0 Å². The van der Waals surface area contributed by atoms with E-state index in [1.165, 1.54) is 5.56 Å². The fraction of sp³-hybridized carbons (Fsp3) is 0.318. The first-order valence-electron chi connectivity index (χ1n) is 8.35. The van der Waals surface area contributed by atoms with Gasteiger partial charge in [-0.25, -0.2) is 0 Å². The summed E-state index contributed by atoms with van der Waals surface area (Å²) in [7, 11) is 0. The van der Waals surface area contributed by atoms with Crippen LogP contribution >= 0.6 is 0 Å². The molecule has 0 aromatic heterocycles. The average molecular weight is 336 g/mol. The van der Waals surface area contributed by atoms with Gasteiger partial charge in [0.1, 0.15) is 11.4 Å². The maximum Gasteiger partial charge on any atom is 0.309 e. The van der Waals surface area contributed by atoms with Gasteiger partial charge in [-0.3, -0.25) is 4.79 Å². The lowest BCUT2D eigenvalue weighted by atomic mass is 10.1. The normalized spacial score (nSPS) is 10.6. The zero-order chi connectivity index (χ0) is 18.3. The standard InChI is InChI=1S/C22H24O3/c1-17-5-7-18(8-6-17)9-10-19-11-13-20(14-12-19)24-16-15-21(23)25-22(2,3)4/h5-8,11-14H,15-16H2,1-4H3. The van der Waals surface area contributed by atoms with Crippen LogP contribution in [0.2, 0.25) is 0 Å². The van der Waals surface area contributed by atoms with Crippen molar-refractivity contribution in [3.05, 3.63) is 65.2 Å². The molecule has 0 saturated carbocycles. The Labute approximate surface area is 150 Å². The maximum absolute atomic E-state index is 11.6. The Hall–Kier alpha value is -2.73. The van der Waals surface area contributed by atoms with Crippen LogP contribution in [-0.4, -0.2) is 18.2 Å². The average Bonchev–Trinajstić information content (AvgIpc) is 2.54. The summed E-state index contributed by atoms with van der Waals surface area (Å²) in [4.78, 5) is 11.6. The van der Waals surface area contributed by atoms with Crippen LogP contribution in [0.3, 0.4) is 0 Å². The third kappa shape index (κ3) is 7.14. The van der Waals surface area contributed by atoms with Crippen LogP contribution in [0, 0.1) is 18.8 Å². The molecule has 0 amide bonds. The first-order chi connectivity index (χ1) is 11.8. The highest BCUT2D eigenvalue weighted by Gasteiger charge is 2.15. The van der Waals surface area contributed by atoms with Gasteiger partial charge in [0, 0.05) is 11.1 Å². The molecule has 3 nitrogen and oxygen atoms in total. The molecule has 0 saturated heterocycles. The Bertz CT molecular complexity index is 754. The number of esters is 1. The SMILES string of the molecule is Cc1ccc(C#Cc2ccc(OCCC(=O)OC(C)(C)C)cc2)cc1. The predicted octanol–water partition coefficient (Wildman–Crippen LogP) is 4.51. The summed E-state index contributed by atoms with van der Waals surface area (Å²) in [6, 6.07) is 15.6. The van der Waals surface area contributed by atoms with E-state index < -0.39 is 5.60 Å². The van der Waals surface area contributed by atoms with Gasteiger partial charge in [-0.1, -0.05) is 29.5 Å². The molecular formula is C22H24O3. The molecule has 0 radical (unpaired) electrons. The topological polar surface area (TPSA) is 35.5 Å². The van der Waals surface area contributed by atoms with Gasteiger partial charge in [0.25, 0.3) is 0 Å². The van der Waals surface area contributed by atoms with E-state index in [4.69, 9.17) is 9.47 Å². The molecule has 3 heteroatoms. The Balaban J connectivity index is 1.84. The minimum Gasteiger partial charge on any atom is -0.493 e. The lowest BCUT2D eigenvalue weighted by Gasteiger charge is -2.19. The van der Waals surface area contributed by atoms with Crippen LogP contribution in [0.25, 0.3) is 0 Å². The quantitative estimate of drug-likeness (QED) is 0.609. The van der Waals surface area contributed by atoms with Crippen molar-refractivity contribution in [3.8, 4) is 17.6 Å². The number of carbonyl (C=O) groups is 1. The number of rotatable bonds is 4. The molecule has 0 heterocycles. The smallest absolute Gasteiger partial charge is 0.309 e. The van der Waals surface area contributed by atoms with E-state index in [1.807, 2.05) is 69.3 Å². The minimum atomic E-state index is -0.463. The molecule has 0 unspecified atom stereocenters. The minimum absolute atomic E-state index is 0.228. The van der Waals surface area contributed by atoms with E-state index in [2.05, 4.69) is 18.8 Å². The summed E-state index contributed by atoms with van der Waals surface area (Å²) in [5.41, 5.74) is 2.66. The molecule has 2 aromatic rings. The van der Waals surface area contributed by atoms with Crippen molar-refractivity contribution in [2.45, 2.75) is 39.7 Å². The number of carbonyl (C=O) groups excluding carboxylic acids is 1. The molecule has 0 aliphatic carbocycles. The Kier molecular flexibility index (Phi) is 6.25. The van der Waals surface area contributed by atoms with Crippen molar-refractivity contribution in [3.63, 3.8) is 0 Å². The van der Waals surface area contributed by atoms with Crippen molar-refractivity contribution in [2.75, 3.05) is 6.61 Å². The molecule has 2 aromatic carbocycles. The molecule has 0 aliphatic rings. The molecule has 0 spiro atoms. The number of aryl methyl sites for hydroxylation is 1. The van der Waals surface area contributed by atoms with Crippen LogP contribution in [-0.2, 0) is 9.53 Å². The largest absolute Gasteiger partial charge is 0.493 e. The second-order valence-corrected chi connectivity index (χ2v) is 6.83. The highest BCUT2D eigenvalue weighted by atomic mass is 16.6. The first kappa shape index (κ1) is 18.6. The molecule has 2 rings (SSSR count). The van der Waals surface area contributed by atoms with Crippen molar-refractivity contribution >= 4 is 5.97 Å². The van der Waals surface area contributed by atoms with Crippen molar-refractivity contribution in [1.29, 1.82) is 0 Å². The zero-order valence-electron chi connectivity index (χ0n) is 15.3. The van der Waals surface area contributed by atoms with Gasteiger partial charge in [0.05, 0.1) is 13.0 Å². The Morgan fingerprint density at radius 2 is 1.44 bits per heavy atom. The van der Waals surface area contributed by atoms with Gasteiger partial charge in [-0.05, 0) is 64.1 Å². The van der Waals surface area contributed by atoms with Gasteiger partial charge in [0.15, 0.2) is 0 Å². The van der Waals surface area contributed by atoms with Gasteiger partial charge in [-0.2, -0.15) is 0 Å². The van der Waals surface area contributed by atoms with E-state index in [0.29, 0.717) is 12.4 Å². The predicted molar refractivity (Wildman–Crippen MR) is 99.6 cm³/mol. The van der Waals surface area contributed by atoms with Crippen molar-refractivity contribution in [2.24, 2.45) is 0 Å². The van der Waals surface area contributed by atoms with E-state index in [1.54, 1.807) is 0 Å². The molecule has 0 atom stereocenters. The second kappa shape index (κ2) is 8.39. The van der Waals surface area contributed by atoms with E-state index in [9.17, 15) is 4.79 Å². The first-order valence-corrected chi connectivity index (χ1v) is 8.35.